The number of aliphatic hydroxyl groups is 1. The Hall–Kier alpha value is -3.16. The molecule has 0 aromatic carbocycles. The molecule has 1 atom stereocenters. The van der Waals surface area contributed by atoms with Crippen LogP contribution < -0.4 is 0 Å². The van der Waals surface area contributed by atoms with Crippen molar-refractivity contribution in [1.29, 1.82) is 0 Å². The number of carbonyl (C=O) groups is 2. The third kappa shape index (κ3) is 5.73. The summed E-state index contributed by atoms with van der Waals surface area (Å²) in [6, 6.07) is 3.71. The van der Waals surface area contributed by atoms with Crippen molar-refractivity contribution < 1.29 is 24.2 Å². The highest BCUT2D eigenvalue weighted by atomic mass is 32.1. The van der Waals surface area contributed by atoms with Crippen molar-refractivity contribution in [2.24, 2.45) is 5.41 Å². The largest absolute Gasteiger partial charge is 0.468 e. The Morgan fingerprint density at radius 1 is 1.23 bits per heavy atom. The fourth-order valence-electron chi connectivity index (χ4n) is 1.85. The third-order valence-corrected chi connectivity index (χ3v) is 3.97. The molecule has 1 heterocycles. The van der Waals surface area contributed by atoms with E-state index in [1.54, 1.807) is 0 Å². The monoisotopic (exact) mass is 368 g/mol. The first-order chi connectivity index (χ1) is 12.5. The van der Waals surface area contributed by atoms with Gasteiger partial charge in [-0.3, -0.25) is 9.59 Å². The van der Waals surface area contributed by atoms with E-state index in [0.717, 1.165) is 19.1 Å². The maximum Gasteiger partial charge on any atom is 0.325 e. The van der Waals surface area contributed by atoms with Gasteiger partial charge in [-0.2, -0.15) is 0 Å². The predicted molar refractivity (Wildman–Crippen MR) is 97.3 cm³/mol. The number of ether oxygens (including phenoxy) is 2. The number of carbonyl (C=O) groups excluding carboxylic acids is 2. The number of hydrogen-bond acceptors (Lipinski definition) is 6. The van der Waals surface area contributed by atoms with Crippen LogP contribution >= 0.6 is 11.3 Å². The van der Waals surface area contributed by atoms with Crippen molar-refractivity contribution in [2.45, 2.75) is 18.9 Å². The standard InChI is InChI=1S/C20H16O5S/c1-4-16(21)10-8-14-20(18(22)24-2,19(23)25-3)13-7-5-6-11-17-12-9-15-26-17/h1,9,12,15-16,21H,13-14H2,2-3H3. The fourth-order valence-corrected chi connectivity index (χ4v) is 2.42. The highest BCUT2D eigenvalue weighted by molar-refractivity contribution is 7.10. The minimum Gasteiger partial charge on any atom is -0.468 e. The molecule has 0 aliphatic carbocycles. The second-order valence-electron chi connectivity index (χ2n) is 4.84. The van der Waals surface area contributed by atoms with Gasteiger partial charge in [0.15, 0.2) is 11.5 Å². The summed E-state index contributed by atoms with van der Waals surface area (Å²) >= 11 is 1.47. The summed E-state index contributed by atoms with van der Waals surface area (Å²) < 4.78 is 9.45. The number of hydrogen-bond donors (Lipinski definition) is 1. The average Bonchev–Trinajstić information content (AvgIpc) is 3.18. The molecule has 0 aliphatic heterocycles. The van der Waals surface area contributed by atoms with Gasteiger partial charge in [-0.25, -0.2) is 0 Å². The normalized spacial score (nSPS) is 10.4. The molecular weight excluding hydrogens is 352 g/mol. The summed E-state index contributed by atoms with van der Waals surface area (Å²) in [7, 11) is 2.29. The highest BCUT2D eigenvalue weighted by Gasteiger charge is 2.47. The lowest BCUT2D eigenvalue weighted by atomic mass is 9.81. The number of methoxy groups -OCH3 is 2. The second kappa shape index (κ2) is 10.7. The zero-order valence-corrected chi connectivity index (χ0v) is 15.1. The molecule has 26 heavy (non-hydrogen) atoms. The van der Waals surface area contributed by atoms with Crippen molar-refractivity contribution in [2.75, 3.05) is 14.2 Å². The Morgan fingerprint density at radius 3 is 2.42 bits per heavy atom. The molecule has 0 radical (unpaired) electrons. The smallest absolute Gasteiger partial charge is 0.325 e. The molecule has 6 heteroatoms. The van der Waals surface area contributed by atoms with Crippen molar-refractivity contribution in [1.82, 2.24) is 0 Å². The first kappa shape index (κ1) is 20.9. The van der Waals surface area contributed by atoms with Crippen LogP contribution in [0.4, 0.5) is 0 Å². The number of terminal acetylenes is 1. The molecule has 0 saturated carbocycles. The van der Waals surface area contributed by atoms with Gasteiger partial charge in [-0.1, -0.05) is 29.7 Å². The van der Waals surface area contributed by atoms with Crippen molar-refractivity contribution >= 4 is 23.3 Å². The van der Waals surface area contributed by atoms with Gasteiger partial charge >= 0.3 is 11.9 Å². The molecule has 0 amide bonds. The van der Waals surface area contributed by atoms with Crippen LogP contribution in [0.15, 0.2) is 17.5 Å². The number of thiophene rings is 1. The molecule has 1 aromatic heterocycles. The molecule has 1 aromatic rings. The van der Waals surface area contributed by atoms with Gasteiger partial charge in [-0.05, 0) is 29.2 Å². The van der Waals surface area contributed by atoms with Crippen LogP contribution in [0.3, 0.4) is 0 Å². The fraction of sp³-hybridized carbons (Fsp3) is 0.300. The molecule has 1 rings (SSSR count). The third-order valence-electron chi connectivity index (χ3n) is 3.19. The van der Waals surface area contributed by atoms with E-state index in [2.05, 4.69) is 35.5 Å². The van der Waals surface area contributed by atoms with E-state index < -0.39 is 23.5 Å². The topological polar surface area (TPSA) is 72.8 Å². The van der Waals surface area contributed by atoms with Crippen LogP contribution in [0.2, 0.25) is 0 Å². The minimum absolute atomic E-state index is 0.202. The average molecular weight is 368 g/mol. The van der Waals surface area contributed by atoms with E-state index in [0.29, 0.717) is 0 Å². The Labute approximate surface area is 156 Å². The molecule has 1 N–H and O–H groups in total. The molecular formula is C20H16O5S. The number of esters is 2. The summed E-state index contributed by atoms with van der Waals surface area (Å²) in [5.41, 5.74) is -1.75. The zero-order valence-electron chi connectivity index (χ0n) is 14.3. The molecule has 5 nitrogen and oxygen atoms in total. The van der Waals surface area contributed by atoms with Crippen LogP contribution in [-0.4, -0.2) is 37.4 Å². The lowest BCUT2D eigenvalue weighted by Gasteiger charge is -2.23. The van der Waals surface area contributed by atoms with Crippen LogP contribution in [-0.2, 0) is 19.1 Å². The van der Waals surface area contributed by atoms with Crippen LogP contribution in [0.5, 0.6) is 0 Å². The van der Waals surface area contributed by atoms with E-state index in [1.165, 1.54) is 11.3 Å². The number of rotatable bonds is 4. The van der Waals surface area contributed by atoms with Crippen molar-refractivity contribution in [3.63, 3.8) is 0 Å². The van der Waals surface area contributed by atoms with Crippen LogP contribution in [0, 0.1) is 53.3 Å². The second-order valence-corrected chi connectivity index (χ2v) is 5.79. The highest BCUT2D eigenvalue weighted by Crippen LogP contribution is 2.29. The summed E-state index contributed by atoms with van der Waals surface area (Å²) in [6.45, 7) is 0. The molecule has 132 valence electrons. The van der Waals surface area contributed by atoms with Gasteiger partial charge in [-0.15, -0.1) is 17.8 Å². The van der Waals surface area contributed by atoms with E-state index >= 15 is 0 Å². The van der Waals surface area contributed by atoms with Gasteiger partial charge in [0.1, 0.15) is 0 Å². The van der Waals surface area contributed by atoms with Crippen molar-refractivity contribution in [3.8, 4) is 47.9 Å². The van der Waals surface area contributed by atoms with E-state index in [9.17, 15) is 14.7 Å². The Kier molecular flexibility index (Phi) is 8.56. The Bertz CT molecular complexity index is 841. The number of aliphatic hydroxyl groups excluding tert-OH is 1. The van der Waals surface area contributed by atoms with E-state index in [4.69, 9.17) is 15.9 Å². The minimum atomic E-state index is -1.75. The summed E-state index contributed by atoms with van der Waals surface area (Å²) in [5, 5.41) is 11.2. The first-order valence-electron chi connectivity index (χ1n) is 7.32. The molecule has 0 saturated heterocycles. The van der Waals surface area contributed by atoms with Gasteiger partial charge in [0, 0.05) is 12.8 Å². The SMILES string of the molecule is C#CC(O)C#CCC(CC#CC#Cc1cccs1)(C(=O)OC)C(=O)OC. The molecule has 0 spiro atoms. The quantitative estimate of drug-likeness (QED) is 0.491. The zero-order chi connectivity index (χ0) is 19.4. The Balaban J connectivity index is 3.09. The molecule has 0 fully saturated rings. The first-order valence-corrected chi connectivity index (χ1v) is 8.20. The van der Waals surface area contributed by atoms with Gasteiger partial charge < -0.3 is 14.6 Å². The Morgan fingerprint density at radius 2 is 1.88 bits per heavy atom. The molecule has 0 bridgehead atoms. The summed E-state index contributed by atoms with van der Waals surface area (Å²) in [4.78, 5) is 25.3. The van der Waals surface area contributed by atoms with Gasteiger partial charge in [0.05, 0.1) is 19.1 Å². The lowest BCUT2D eigenvalue weighted by molar-refractivity contribution is -0.168. The van der Waals surface area contributed by atoms with Crippen LogP contribution in [0.1, 0.15) is 17.7 Å². The maximum atomic E-state index is 12.2. The summed E-state index contributed by atoms with van der Waals surface area (Å²) in [6.07, 6.45) is 3.26. The predicted octanol–water partition coefficient (Wildman–Crippen LogP) is 1.21. The van der Waals surface area contributed by atoms with Crippen molar-refractivity contribution in [3.05, 3.63) is 22.4 Å². The van der Waals surface area contributed by atoms with E-state index in [-0.39, 0.29) is 12.8 Å². The molecule has 0 aliphatic rings. The lowest BCUT2D eigenvalue weighted by Crippen LogP contribution is -2.40. The van der Waals surface area contributed by atoms with E-state index in [1.807, 2.05) is 23.4 Å². The van der Waals surface area contributed by atoms with Gasteiger partial charge in [0.2, 0.25) is 0 Å². The summed E-state index contributed by atoms with van der Waals surface area (Å²) in [5.74, 6) is 16.0. The van der Waals surface area contributed by atoms with Crippen LogP contribution in [0.25, 0.3) is 0 Å². The molecule has 1 unspecified atom stereocenters. The maximum absolute atomic E-state index is 12.2. The van der Waals surface area contributed by atoms with Gasteiger partial charge in [0.25, 0.3) is 0 Å².